The Morgan fingerprint density at radius 3 is 1.80 bits per heavy atom. The lowest BCUT2D eigenvalue weighted by Gasteiger charge is -2.14. The molecule has 0 atom stereocenters. The Labute approximate surface area is 319 Å². The van der Waals surface area contributed by atoms with Gasteiger partial charge >= 0.3 is 0 Å². The van der Waals surface area contributed by atoms with Crippen LogP contribution in [0.4, 0.5) is 0 Å². The van der Waals surface area contributed by atoms with Gasteiger partial charge in [0.05, 0.1) is 44.5 Å². The maximum absolute atomic E-state index is 5.27. The van der Waals surface area contributed by atoms with Crippen molar-refractivity contribution in [3.63, 3.8) is 0 Å². The molecule has 8 aromatic carbocycles. The fourth-order valence-corrected chi connectivity index (χ4v) is 9.93. The van der Waals surface area contributed by atoms with Crippen molar-refractivity contribution in [1.29, 1.82) is 0 Å². The number of nitrogens with zero attached hydrogens (tertiary/aromatic N) is 4. The highest BCUT2D eigenvalue weighted by Crippen LogP contribution is 2.46. The van der Waals surface area contributed by atoms with Crippen molar-refractivity contribution in [2.75, 3.05) is 0 Å². The summed E-state index contributed by atoms with van der Waals surface area (Å²) >= 11 is 1.89. The molecule has 0 bridgehead atoms. The van der Waals surface area contributed by atoms with Gasteiger partial charge in [-0.3, -0.25) is 0 Å². The second kappa shape index (κ2) is 11.7. The van der Waals surface area contributed by atoms with E-state index in [0.717, 1.165) is 50.4 Å². The number of rotatable bonds is 4. The first-order valence-corrected chi connectivity index (χ1v) is 19.4. The Morgan fingerprint density at radius 1 is 0.364 bits per heavy atom. The number of aromatic nitrogens is 4. The Bertz CT molecular complexity index is 3480. The van der Waals surface area contributed by atoms with Crippen LogP contribution >= 0.6 is 11.3 Å². The molecule has 12 rings (SSSR count). The predicted molar refractivity (Wildman–Crippen MR) is 232 cm³/mol. The second-order valence-electron chi connectivity index (χ2n) is 14.2. The number of thiophene rings is 1. The summed E-state index contributed by atoms with van der Waals surface area (Å²) in [4.78, 5) is 10.5. The van der Waals surface area contributed by atoms with Crippen LogP contribution in [0.3, 0.4) is 0 Å². The van der Waals surface area contributed by atoms with Gasteiger partial charge in [0.2, 0.25) is 0 Å². The van der Waals surface area contributed by atoms with Gasteiger partial charge in [-0.15, -0.1) is 11.3 Å². The van der Waals surface area contributed by atoms with Crippen molar-refractivity contribution in [1.82, 2.24) is 19.1 Å². The van der Waals surface area contributed by atoms with E-state index in [9.17, 15) is 0 Å². The molecular formula is C50H30N4S. The number of para-hydroxylation sites is 4. The Balaban J connectivity index is 1.20. The summed E-state index contributed by atoms with van der Waals surface area (Å²) in [6, 6.07) is 65.2. The third kappa shape index (κ3) is 4.51. The molecule has 4 heterocycles. The Morgan fingerprint density at radius 2 is 0.982 bits per heavy atom. The summed E-state index contributed by atoms with van der Waals surface area (Å²) in [6.45, 7) is 0. The largest absolute Gasteiger partial charge is 0.309 e. The van der Waals surface area contributed by atoms with Crippen LogP contribution < -0.4 is 0 Å². The number of benzene rings is 8. The summed E-state index contributed by atoms with van der Waals surface area (Å²) in [5, 5.41) is 7.63. The molecule has 0 N–H and O–H groups in total. The summed E-state index contributed by atoms with van der Waals surface area (Å²) < 4.78 is 7.49. The molecule has 0 saturated heterocycles. The zero-order chi connectivity index (χ0) is 36.0. The van der Waals surface area contributed by atoms with Crippen molar-refractivity contribution in [2.24, 2.45) is 0 Å². The minimum Gasteiger partial charge on any atom is -0.309 e. The molecule has 5 heteroatoms. The van der Waals surface area contributed by atoms with Gasteiger partial charge in [-0.2, -0.15) is 0 Å². The van der Waals surface area contributed by atoms with E-state index in [-0.39, 0.29) is 0 Å². The standard InChI is InChI=1S/C50H30N4S/c1-3-14-31(15-4-1)48-49(52-41-23-10-9-22-40(41)51-48)32-16-13-19-34(28-32)54-43-27-26-37-36-21-8-12-25-46(36)55-50(37)47(43)39-29-38-35-20-7-11-24-42(35)53(44(38)30-45(39)54)33-17-5-2-6-18-33/h1-30H. The van der Waals surface area contributed by atoms with E-state index in [1.807, 2.05) is 41.7 Å². The van der Waals surface area contributed by atoms with Gasteiger partial charge in [0, 0.05) is 64.2 Å². The van der Waals surface area contributed by atoms with Crippen molar-refractivity contribution >= 4 is 86.2 Å². The third-order valence-electron chi connectivity index (χ3n) is 11.1. The molecule has 0 aliphatic heterocycles. The molecule has 4 aromatic heterocycles. The zero-order valence-electron chi connectivity index (χ0n) is 29.5. The maximum Gasteiger partial charge on any atom is 0.0973 e. The highest BCUT2D eigenvalue weighted by atomic mass is 32.1. The molecule has 0 radical (unpaired) electrons. The number of hydrogen-bond donors (Lipinski definition) is 0. The summed E-state index contributed by atoms with van der Waals surface area (Å²) in [6.07, 6.45) is 0. The molecule has 12 aromatic rings. The fraction of sp³-hybridized carbons (Fsp3) is 0. The van der Waals surface area contributed by atoms with Gasteiger partial charge < -0.3 is 9.13 Å². The van der Waals surface area contributed by atoms with Crippen LogP contribution in [0.25, 0.3) is 109 Å². The van der Waals surface area contributed by atoms with E-state index < -0.39 is 0 Å². The topological polar surface area (TPSA) is 35.6 Å². The number of hydrogen-bond acceptors (Lipinski definition) is 3. The van der Waals surface area contributed by atoms with E-state index in [4.69, 9.17) is 9.97 Å². The van der Waals surface area contributed by atoms with Crippen molar-refractivity contribution in [3.05, 3.63) is 182 Å². The third-order valence-corrected chi connectivity index (χ3v) is 12.3. The first kappa shape index (κ1) is 30.4. The van der Waals surface area contributed by atoms with Crippen LogP contribution in [0.1, 0.15) is 0 Å². The average Bonchev–Trinajstić information content (AvgIpc) is 3.90. The van der Waals surface area contributed by atoms with Gasteiger partial charge in [-0.05, 0) is 66.7 Å². The highest BCUT2D eigenvalue weighted by Gasteiger charge is 2.22. The fourth-order valence-electron chi connectivity index (χ4n) is 8.67. The maximum atomic E-state index is 5.27. The van der Waals surface area contributed by atoms with E-state index in [1.54, 1.807) is 0 Å². The van der Waals surface area contributed by atoms with Crippen LogP contribution in [0.15, 0.2) is 182 Å². The quantitative estimate of drug-likeness (QED) is 0.182. The first-order chi connectivity index (χ1) is 27.3. The Kier molecular flexibility index (Phi) is 6.47. The first-order valence-electron chi connectivity index (χ1n) is 18.6. The second-order valence-corrected chi connectivity index (χ2v) is 15.2. The molecule has 256 valence electrons. The van der Waals surface area contributed by atoms with Crippen molar-refractivity contribution in [3.8, 4) is 33.9 Å². The van der Waals surface area contributed by atoms with Gasteiger partial charge in [-0.1, -0.05) is 115 Å². The van der Waals surface area contributed by atoms with Crippen LogP contribution in [0.5, 0.6) is 0 Å². The molecule has 0 unspecified atom stereocenters. The van der Waals surface area contributed by atoms with E-state index in [0.29, 0.717) is 0 Å². The van der Waals surface area contributed by atoms with Gasteiger partial charge in [-0.25, -0.2) is 9.97 Å². The molecule has 0 spiro atoms. The lowest BCUT2D eigenvalue weighted by Crippen LogP contribution is -1.98. The normalized spacial score (nSPS) is 12.0. The minimum absolute atomic E-state index is 0.867. The minimum atomic E-state index is 0.867. The SMILES string of the molecule is c1ccc(-c2nc3ccccc3nc2-c2cccc(-n3c4cc5c(cc4c4c6sc7ccccc7c6ccc43)c3ccccc3n5-c3ccccc3)c2)cc1. The van der Waals surface area contributed by atoms with Gasteiger partial charge in [0.1, 0.15) is 0 Å². The summed E-state index contributed by atoms with van der Waals surface area (Å²) in [5.74, 6) is 0. The van der Waals surface area contributed by atoms with Crippen molar-refractivity contribution in [2.45, 2.75) is 0 Å². The molecule has 0 fully saturated rings. The summed E-state index contributed by atoms with van der Waals surface area (Å²) in [7, 11) is 0. The molecule has 0 aliphatic carbocycles. The molecule has 0 amide bonds. The molecular weight excluding hydrogens is 689 g/mol. The molecule has 55 heavy (non-hydrogen) atoms. The monoisotopic (exact) mass is 718 g/mol. The smallest absolute Gasteiger partial charge is 0.0973 e. The summed E-state index contributed by atoms with van der Waals surface area (Å²) in [5.41, 5.74) is 12.5. The van der Waals surface area contributed by atoms with Crippen LogP contribution in [0, 0.1) is 0 Å². The van der Waals surface area contributed by atoms with Gasteiger partial charge in [0.25, 0.3) is 0 Å². The zero-order valence-corrected chi connectivity index (χ0v) is 30.3. The van der Waals surface area contributed by atoms with Gasteiger partial charge in [0.15, 0.2) is 0 Å². The van der Waals surface area contributed by atoms with E-state index in [1.165, 1.54) is 58.3 Å². The lowest BCUT2D eigenvalue weighted by molar-refractivity contribution is 1.16. The van der Waals surface area contributed by atoms with Crippen LogP contribution in [0.2, 0.25) is 0 Å². The average molecular weight is 719 g/mol. The van der Waals surface area contributed by atoms with Crippen molar-refractivity contribution < 1.29 is 0 Å². The highest BCUT2D eigenvalue weighted by molar-refractivity contribution is 7.26. The Hall–Kier alpha value is -7.08. The lowest BCUT2D eigenvalue weighted by atomic mass is 10.0. The molecule has 0 saturated carbocycles. The molecule has 4 nitrogen and oxygen atoms in total. The number of fused-ring (bicyclic) bond motifs is 11. The van der Waals surface area contributed by atoms with Crippen LogP contribution in [-0.2, 0) is 0 Å². The van der Waals surface area contributed by atoms with E-state index >= 15 is 0 Å². The van der Waals surface area contributed by atoms with E-state index in [2.05, 4.69) is 161 Å². The predicted octanol–water partition coefficient (Wildman–Crippen LogP) is 13.5. The molecule has 0 aliphatic rings. The van der Waals surface area contributed by atoms with Crippen LogP contribution in [-0.4, -0.2) is 19.1 Å².